The Hall–Kier alpha value is -0.160. The van der Waals surface area contributed by atoms with Gasteiger partial charge in [-0.25, -0.2) is 0 Å². The molecule has 2 unspecified atom stereocenters. The minimum Gasteiger partial charge on any atom is -0.390 e. The van der Waals surface area contributed by atoms with Crippen molar-refractivity contribution >= 4 is 0 Å². The molecule has 0 spiro atoms. The standard InChI is InChI=1S/C15H30N2O2/c1-14(18)5-3-8-17(9-7-14)12-15(11-16-2)6-4-10-19-13-15/h16,18H,3-13H2,1-2H3. The number of aliphatic hydroxyl groups is 1. The van der Waals surface area contributed by atoms with E-state index in [0.717, 1.165) is 58.7 Å². The molecule has 2 fully saturated rings. The topological polar surface area (TPSA) is 44.7 Å². The van der Waals surface area contributed by atoms with Crippen LogP contribution in [-0.4, -0.2) is 62.0 Å². The van der Waals surface area contributed by atoms with Crippen LogP contribution in [0.3, 0.4) is 0 Å². The van der Waals surface area contributed by atoms with E-state index in [1.54, 1.807) is 0 Å². The predicted molar refractivity (Wildman–Crippen MR) is 77.3 cm³/mol. The molecule has 2 aliphatic heterocycles. The zero-order valence-corrected chi connectivity index (χ0v) is 12.6. The van der Waals surface area contributed by atoms with Crippen LogP contribution in [-0.2, 0) is 4.74 Å². The zero-order valence-electron chi connectivity index (χ0n) is 12.6. The number of hydrogen-bond donors (Lipinski definition) is 2. The minimum atomic E-state index is -0.464. The van der Waals surface area contributed by atoms with Crippen LogP contribution in [0.1, 0.15) is 39.0 Å². The van der Waals surface area contributed by atoms with Crippen molar-refractivity contribution in [1.29, 1.82) is 0 Å². The van der Waals surface area contributed by atoms with Crippen molar-refractivity contribution in [1.82, 2.24) is 10.2 Å². The molecule has 0 saturated carbocycles. The molecule has 2 heterocycles. The third-order valence-electron chi connectivity index (χ3n) is 4.67. The molecule has 4 heteroatoms. The number of rotatable bonds is 4. The molecular weight excluding hydrogens is 240 g/mol. The minimum absolute atomic E-state index is 0.267. The second-order valence-corrected chi connectivity index (χ2v) is 6.81. The van der Waals surface area contributed by atoms with Crippen LogP contribution in [0.4, 0.5) is 0 Å². The van der Waals surface area contributed by atoms with Crippen LogP contribution < -0.4 is 5.32 Å². The SMILES string of the molecule is CNCC1(CN2CCCC(C)(O)CC2)CCCOC1. The van der Waals surface area contributed by atoms with E-state index in [9.17, 15) is 5.11 Å². The molecule has 2 aliphatic rings. The smallest absolute Gasteiger partial charge is 0.0632 e. The molecule has 0 bridgehead atoms. The van der Waals surface area contributed by atoms with Crippen molar-refractivity contribution < 1.29 is 9.84 Å². The molecule has 4 nitrogen and oxygen atoms in total. The monoisotopic (exact) mass is 270 g/mol. The highest BCUT2D eigenvalue weighted by Crippen LogP contribution is 2.31. The Morgan fingerprint density at radius 2 is 2.05 bits per heavy atom. The summed E-state index contributed by atoms with van der Waals surface area (Å²) in [5, 5.41) is 13.5. The molecule has 0 amide bonds. The van der Waals surface area contributed by atoms with Gasteiger partial charge in [0.25, 0.3) is 0 Å². The summed E-state index contributed by atoms with van der Waals surface area (Å²) in [6.45, 7) is 8.02. The second kappa shape index (κ2) is 6.53. The molecule has 2 atom stereocenters. The summed E-state index contributed by atoms with van der Waals surface area (Å²) in [7, 11) is 2.03. The van der Waals surface area contributed by atoms with Gasteiger partial charge >= 0.3 is 0 Å². The van der Waals surface area contributed by atoms with Crippen molar-refractivity contribution in [3.8, 4) is 0 Å². The average Bonchev–Trinajstić information content (AvgIpc) is 2.52. The first-order valence-electron chi connectivity index (χ1n) is 7.72. The maximum atomic E-state index is 10.2. The number of likely N-dealkylation sites (tertiary alicyclic amines) is 1. The lowest BCUT2D eigenvalue weighted by molar-refractivity contribution is -0.0263. The summed E-state index contributed by atoms with van der Waals surface area (Å²) >= 11 is 0. The van der Waals surface area contributed by atoms with Crippen LogP contribution in [0.5, 0.6) is 0 Å². The van der Waals surface area contributed by atoms with Gasteiger partial charge in [-0.1, -0.05) is 0 Å². The van der Waals surface area contributed by atoms with Crippen molar-refractivity contribution in [3.05, 3.63) is 0 Å². The van der Waals surface area contributed by atoms with Gasteiger partial charge in [0, 0.05) is 31.7 Å². The quantitative estimate of drug-likeness (QED) is 0.807. The zero-order chi connectivity index (χ0) is 13.8. The van der Waals surface area contributed by atoms with Gasteiger partial charge in [0.1, 0.15) is 0 Å². The van der Waals surface area contributed by atoms with Crippen LogP contribution >= 0.6 is 0 Å². The van der Waals surface area contributed by atoms with Crippen LogP contribution in [0, 0.1) is 5.41 Å². The van der Waals surface area contributed by atoms with E-state index in [1.807, 2.05) is 14.0 Å². The molecule has 0 radical (unpaired) electrons. The largest absolute Gasteiger partial charge is 0.390 e. The van der Waals surface area contributed by atoms with Crippen molar-refractivity contribution in [2.24, 2.45) is 5.41 Å². The summed E-state index contributed by atoms with van der Waals surface area (Å²) in [6.07, 6.45) is 5.35. The molecule has 112 valence electrons. The van der Waals surface area contributed by atoms with E-state index in [2.05, 4.69) is 10.2 Å². The molecule has 19 heavy (non-hydrogen) atoms. The third kappa shape index (κ3) is 4.42. The highest BCUT2D eigenvalue weighted by Gasteiger charge is 2.35. The first kappa shape index (κ1) is 15.2. The summed E-state index contributed by atoms with van der Waals surface area (Å²) in [5.74, 6) is 0. The summed E-state index contributed by atoms with van der Waals surface area (Å²) in [5.41, 5.74) is -0.197. The van der Waals surface area contributed by atoms with Gasteiger partial charge in [0.05, 0.1) is 12.2 Å². The van der Waals surface area contributed by atoms with E-state index in [0.29, 0.717) is 0 Å². The van der Waals surface area contributed by atoms with Gasteiger partial charge in [-0.2, -0.15) is 0 Å². The molecule has 2 N–H and O–H groups in total. The molecule has 0 aliphatic carbocycles. The number of ether oxygens (including phenoxy) is 1. The lowest BCUT2D eigenvalue weighted by atomic mass is 9.81. The number of hydrogen-bond acceptors (Lipinski definition) is 4. The van der Waals surface area contributed by atoms with E-state index >= 15 is 0 Å². The van der Waals surface area contributed by atoms with Gasteiger partial charge < -0.3 is 20.1 Å². The van der Waals surface area contributed by atoms with Crippen LogP contribution in [0.15, 0.2) is 0 Å². The van der Waals surface area contributed by atoms with Gasteiger partial charge in [-0.15, -0.1) is 0 Å². The molecule has 0 aromatic rings. The molecular formula is C15H30N2O2. The maximum Gasteiger partial charge on any atom is 0.0632 e. The first-order valence-corrected chi connectivity index (χ1v) is 7.72. The second-order valence-electron chi connectivity index (χ2n) is 6.81. The molecule has 2 rings (SSSR count). The fourth-order valence-electron chi connectivity index (χ4n) is 3.56. The van der Waals surface area contributed by atoms with Crippen LogP contribution in [0.25, 0.3) is 0 Å². The van der Waals surface area contributed by atoms with Gasteiger partial charge in [0.2, 0.25) is 0 Å². The number of nitrogens with one attached hydrogen (secondary N) is 1. The highest BCUT2D eigenvalue weighted by atomic mass is 16.5. The van der Waals surface area contributed by atoms with E-state index in [4.69, 9.17) is 4.74 Å². The Bertz CT molecular complexity index is 270. The maximum absolute atomic E-state index is 10.2. The molecule has 2 saturated heterocycles. The summed E-state index contributed by atoms with van der Waals surface area (Å²) in [6, 6.07) is 0. The van der Waals surface area contributed by atoms with E-state index < -0.39 is 5.60 Å². The third-order valence-corrected chi connectivity index (χ3v) is 4.67. The Morgan fingerprint density at radius 3 is 2.74 bits per heavy atom. The lowest BCUT2D eigenvalue weighted by Crippen LogP contribution is -2.48. The first-order chi connectivity index (χ1) is 9.05. The highest BCUT2D eigenvalue weighted by molar-refractivity contribution is 4.89. The van der Waals surface area contributed by atoms with Gasteiger partial charge in [-0.05, 0) is 52.6 Å². The van der Waals surface area contributed by atoms with Gasteiger partial charge in [-0.3, -0.25) is 0 Å². The Kier molecular flexibility index (Phi) is 5.23. The number of nitrogens with zero attached hydrogens (tertiary/aromatic N) is 1. The van der Waals surface area contributed by atoms with Crippen molar-refractivity contribution in [2.45, 2.75) is 44.6 Å². The Morgan fingerprint density at radius 1 is 1.21 bits per heavy atom. The molecule has 0 aromatic carbocycles. The fraction of sp³-hybridized carbons (Fsp3) is 1.00. The van der Waals surface area contributed by atoms with Crippen molar-refractivity contribution in [3.63, 3.8) is 0 Å². The summed E-state index contributed by atoms with van der Waals surface area (Å²) < 4.78 is 5.74. The predicted octanol–water partition coefficient (Wildman–Crippen LogP) is 1.24. The fourth-order valence-corrected chi connectivity index (χ4v) is 3.56. The van der Waals surface area contributed by atoms with Crippen molar-refractivity contribution in [2.75, 3.05) is 46.4 Å². The average molecular weight is 270 g/mol. The van der Waals surface area contributed by atoms with Gasteiger partial charge in [0.15, 0.2) is 0 Å². The Balaban J connectivity index is 1.93. The van der Waals surface area contributed by atoms with Crippen LogP contribution in [0.2, 0.25) is 0 Å². The Labute approximate surface area is 117 Å². The summed E-state index contributed by atoms with van der Waals surface area (Å²) in [4.78, 5) is 2.54. The normalized spacial score (nSPS) is 38.1. The molecule has 0 aromatic heterocycles. The van der Waals surface area contributed by atoms with E-state index in [-0.39, 0.29) is 5.41 Å². The van der Waals surface area contributed by atoms with E-state index in [1.165, 1.54) is 12.8 Å². The lowest BCUT2D eigenvalue weighted by Gasteiger charge is -2.40.